The molecule has 1 aromatic carbocycles. The van der Waals surface area contributed by atoms with Gasteiger partial charge in [-0.1, -0.05) is 42.2 Å². The van der Waals surface area contributed by atoms with Crippen LogP contribution in [-0.2, 0) is 24.2 Å². The summed E-state index contributed by atoms with van der Waals surface area (Å²) in [4.78, 5) is 12.2. The molecule has 10 heteroatoms. The predicted octanol–water partition coefficient (Wildman–Crippen LogP) is 3.04. The number of nitrogens with zero attached hydrogens (tertiary/aromatic N) is 5. The van der Waals surface area contributed by atoms with Gasteiger partial charge >= 0.3 is 0 Å². The number of benzene rings is 1. The van der Waals surface area contributed by atoms with Crippen molar-refractivity contribution in [2.24, 2.45) is 0 Å². The lowest BCUT2D eigenvalue weighted by molar-refractivity contribution is -0.113. The second-order valence-electron chi connectivity index (χ2n) is 5.86. The molecule has 0 fully saturated rings. The summed E-state index contributed by atoms with van der Waals surface area (Å²) >= 11 is 2.76. The average molecular weight is 419 g/mol. The molecular weight excluding hydrogens is 396 g/mol. The SMILES string of the molecule is CCc1nnc(NC(=O)CSc2nnc(Cc3ccc(OC)cc3)n2CC)s1. The molecule has 0 saturated carbocycles. The zero-order valence-electron chi connectivity index (χ0n) is 16.0. The lowest BCUT2D eigenvalue weighted by Gasteiger charge is -2.08. The van der Waals surface area contributed by atoms with Crippen molar-refractivity contribution >= 4 is 34.1 Å². The molecule has 8 nitrogen and oxygen atoms in total. The van der Waals surface area contributed by atoms with Crippen LogP contribution in [-0.4, -0.2) is 43.7 Å². The molecule has 2 aromatic heterocycles. The molecule has 0 saturated heterocycles. The fraction of sp³-hybridized carbons (Fsp3) is 0.389. The number of amides is 1. The fourth-order valence-corrected chi connectivity index (χ4v) is 4.05. The van der Waals surface area contributed by atoms with Crippen molar-refractivity contribution in [3.8, 4) is 5.75 Å². The van der Waals surface area contributed by atoms with Crippen LogP contribution in [0.2, 0.25) is 0 Å². The Hall–Kier alpha value is -2.46. The zero-order valence-corrected chi connectivity index (χ0v) is 17.6. The van der Waals surface area contributed by atoms with E-state index < -0.39 is 0 Å². The first-order valence-corrected chi connectivity index (χ1v) is 10.7. The van der Waals surface area contributed by atoms with E-state index >= 15 is 0 Å². The van der Waals surface area contributed by atoms with E-state index in [-0.39, 0.29) is 11.7 Å². The van der Waals surface area contributed by atoms with Crippen molar-refractivity contribution in [2.45, 2.75) is 38.4 Å². The Morgan fingerprint density at radius 3 is 2.61 bits per heavy atom. The summed E-state index contributed by atoms with van der Waals surface area (Å²) in [5, 5.41) is 21.5. The van der Waals surface area contributed by atoms with Gasteiger partial charge in [0.25, 0.3) is 0 Å². The average Bonchev–Trinajstić information content (AvgIpc) is 3.33. The van der Waals surface area contributed by atoms with Crippen molar-refractivity contribution in [2.75, 3.05) is 18.2 Å². The minimum atomic E-state index is -0.133. The normalized spacial score (nSPS) is 10.8. The van der Waals surface area contributed by atoms with Gasteiger partial charge in [0.15, 0.2) is 5.16 Å². The molecule has 0 spiro atoms. The third kappa shape index (κ3) is 5.08. The number of hydrogen-bond donors (Lipinski definition) is 1. The molecule has 1 amide bonds. The number of anilines is 1. The topological polar surface area (TPSA) is 94.8 Å². The molecule has 2 heterocycles. The van der Waals surface area contributed by atoms with E-state index in [0.717, 1.165) is 40.3 Å². The number of methoxy groups -OCH3 is 1. The van der Waals surface area contributed by atoms with Gasteiger partial charge in [-0.15, -0.1) is 20.4 Å². The van der Waals surface area contributed by atoms with Crippen molar-refractivity contribution in [1.29, 1.82) is 0 Å². The summed E-state index contributed by atoms with van der Waals surface area (Å²) in [6.07, 6.45) is 1.47. The molecule has 0 atom stereocenters. The van der Waals surface area contributed by atoms with E-state index in [9.17, 15) is 4.79 Å². The predicted molar refractivity (Wildman–Crippen MR) is 110 cm³/mol. The Morgan fingerprint density at radius 2 is 1.96 bits per heavy atom. The van der Waals surface area contributed by atoms with E-state index in [2.05, 4.69) is 25.7 Å². The third-order valence-electron chi connectivity index (χ3n) is 3.98. The van der Waals surface area contributed by atoms with Gasteiger partial charge in [0, 0.05) is 13.0 Å². The van der Waals surface area contributed by atoms with Crippen LogP contribution in [0.3, 0.4) is 0 Å². The first kappa shape index (κ1) is 20.3. The molecule has 3 rings (SSSR count). The van der Waals surface area contributed by atoms with E-state index in [1.807, 2.05) is 42.7 Å². The van der Waals surface area contributed by atoms with Gasteiger partial charge in [0.2, 0.25) is 11.0 Å². The minimum Gasteiger partial charge on any atom is -0.497 e. The highest BCUT2D eigenvalue weighted by atomic mass is 32.2. The Kier molecular flexibility index (Phi) is 6.99. The van der Waals surface area contributed by atoms with E-state index in [1.165, 1.54) is 23.1 Å². The second-order valence-corrected chi connectivity index (χ2v) is 7.86. The number of thioether (sulfide) groups is 1. The summed E-state index contributed by atoms with van der Waals surface area (Å²) in [5.41, 5.74) is 1.13. The molecule has 0 radical (unpaired) electrons. The van der Waals surface area contributed by atoms with Crippen LogP contribution >= 0.6 is 23.1 Å². The van der Waals surface area contributed by atoms with Crippen molar-refractivity contribution in [3.63, 3.8) is 0 Å². The number of aromatic nitrogens is 5. The molecule has 28 heavy (non-hydrogen) atoms. The number of rotatable bonds is 9. The van der Waals surface area contributed by atoms with Gasteiger partial charge in [-0.25, -0.2) is 0 Å². The van der Waals surface area contributed by atoms with E-state index in [1.54, 1.807) is 7.11 Å². The number of ether oxygens (including phenoxy) is 1. The Labute approximate surface area is 171 Å². The monoisotopic (exact) mass is 418 g/mol. The number of carbonyl (C=O) groups excluding carboxylic acids is 1. The molecule has 0 aliphatic heterocycles. The minimum absolute atomic E-state index is 0.133. The molecule has 0 aliphatic carbocycles. The van der Waals surface area contributed by atoms with Gasteiger partial charge in [-0.2, -0.15) is 0 Å². The molecule has 148 valence electrons. The van der Waals surface area contributed by atoms with Crippen LogP contribution in [0.15, 0.2) is 29.4 Å². The van der Waals surface area contributed by atoms with Gasteiger partial charge in [0.1, 0.15) is 16.6 Å². The summed E-state index contributed by atoms with van der Waals surface area (Å²) < 4.78 is 7.22. The molecule has 3 aromatic rings. The van der Waals surface area contributed by atoms with Gasteiger partial charge in [-0.3, -0.25) is 10.1 Å². The van der Waals surface area contributed by atoms with Crippen molar-refractivity contribution < 1.29 is 9.53 Å². The van der Waals surface area contributed by atoms with Crippen molar-refractivity contribution in [3.05, 3.63) is 40.7 Å². The molecular formula is C18H22N6O2S2. The highest BCUT2D eigenvalue weighted by Crippen LogP contribution is 2.21. The van der Waals surface area contributed by atoms with Crippen LogP contribution in [0.4, 0.5) is 5.13 Å². The van der Waals surface area contributed by atoms with Gasteiger partial charge in [-0.05, 0) is 31.0 Å². The first-order valence-electron chi connectivity index (χ1n) is 8.93. The maximum atomic E-state index is 12.2. The summed E-state index contributed by atoms with van der Waals surface area (Å²) in [6, 6.07) is 7.89. The number of carbonyl (C=O) groups is 1. The Bertz CT molecular complexity index is 923. The smallest absolute Gasteiger partial charge is 0.236 e. The van der Waals surface area contributed by atoms with Gasteiger partial charge < -0.3 is 9.30 Å². The maximum Gasteiger partial charge on any atom is 0.236 e. The number of hydrogen-bond acceptors (Lipinski definition) is 8. The zero-order chi connectivity index (χ0) is 19.9. The molecule has 0 aliphatic rings. The van der Waals surface area contributed by atoms with E-state index in [4.69, 9.17) is 4.74 Å². The molecule has 0 unspecified atom stereocenters. The van der Waals surface area contributed by atoms with E-state index in [0.29, 0.717) is 11.6 Å². The number of nitrogens with one attached hydrogen (secondary N) is 1. The Balaban J connectivity index is 1.60. The number of aryl methyl sites for hydroxylation is 1. The quantitative estimate of drug-likeness (QED) is 0.534. The van der Waals surface area contributed by atoms with Crippen molar-refractivity contribution in [1.82, 2.24) is 25.0 Å². The Morgan fingerprint density at radius 1 is 1.18 bits per heavy atom. The second kappa shape index (κ2) is 9.65. The summed E-state index contributed by atoms with van der Waals surface area (Å²) in [5.74, 6) is 1.80. The highest BCUT2D eigenvalue weighted by molar-refractivity contribution is 7.99. The highest BCUT2D eigenvalue weighted by Gasteiger charge is 2.14. The van der Waals surface area contributed by atoms with Crippen LogP contribution in [0.25, 0.3) is 0 Å². The summed E-state index contributed by atoms with van der Waals surface area (Å²) in [6.45, 7) is 4.78. The largest absolute Gasteiger partial charge is 0.497 e. The molecule has 0 bridgehead atoms. The lowest BCUT2D eigenvalue weighted by atomic mass is 10.1. The molecule has 1 N–H and O–H groups in total. The van der Waals surface area contributed by atoms with Crippen LogP contribution < -0.4 is 10.1 Å². The maximum absolute atomic E-state index is 12.2. The van der Waals surface area contributed by atoms with Crippen LogP contribution in [0.1, 0.15) is 30.2 Å². The van der Waals surface area contributed by atoms with Crippen LogP contribution in [0.5, 0.6) is 5.75 Å². The standard InChI is InChI=1S/C18H22N6O2S2/c1-4-16-21-22-17(28-16)19-15(25)11-27-18-23-20-14(24(18)5-2)10-12-6-8-13(26-3)9-7-12/h6-9H,4-5,10-11H2,1-3H3,(H,19,22,25). The summed E-state index contributed by atoms with van der Waals surface area (Å²) in [7, 11) is 1.65. The van der Waals surface area contributed by atoms with Crippen LogP contribution in [0, 0.1) is 0 Å². The third-order valence-corrected chi connectivity index (χ3v) is 5.93. The fourth-order valence-electron chi connectivity index (χ4n) is 2.53. The van der Waals surface area contributed by atoms with Gasteiger partial charge in [0.05, 0.1) is 12.9 Å². The first-order chi connectivity index (χ1) is 13.6. The lowest BCUT2D eigenvalue weighted by Crippen LogP contribution is -2.14.